The summed E-state index contributed by atoms with van der Waals surface area (Å²) in [6, 6.07) is 6.03. The summed E-state index contributed by atoms with van der Waals surface area (Å²) < 4.78 is 0. The molecule has 0 aliphatic rings. The molecular weight excluding hydrogens is 206 g/mol. The summed E-state index contributed by atoms with van der Waals surface area (Å²) in [6.45, 7) is 4.99. The summed E-state index contributed by atoms with van der Waals surface area (Å²) in [6.07, 6.45) is 5.07. The molecule has 0 saturated heterocycles. The zero-order chi connectivity index (χ0) is 11.3. The van der Waals surface area contributed by atoms with Gasteiger partial charge >= 0.3 is 0 Å². The van der Waals surface area contributed by atoms with Crippen LogP contribution in [0.4, 0.5) is 0 Å². The Kier molecular flexibility index (Phi) is 4.86. The van der Waals surface area contributed by atoms with Gasteiger partial charge in [-0.1, -0.05) is 43.7 Å². The molecule has 0 unspecified atom stereocenters. The Morgan fingerprint density at radius 3 is 2.73 bits per heavy atom. The maximum absolute atomic E-state index is 5.97. The molecule has 1 aromatic rings. The molecule has 82 valence electrons. The van der Waals surface area contributed by atoms with E-state index in [4.69, 9.17) is 17.3 Å². The van der Waals surface area contributed by atoms with Crippen LogP contribution in [-0.4, -0.2) is 6.54 Å². The molecule has 0 atom stereocenters. The van der Waals surface area contributed by atoms with Crippen LogP contribution < -0.4 is 5.73 Å². The Labute approximate surface area is 96.9 Å². The fraction of sp³-hybridized carbons (Fsp3) is 0.385. The van der Waals surface area contributed by atoms with Crippen LogP contribution in [0.5, 0.6) is 0 Å². The second-order valence-corrected chi connectivity index (χ2v) is 4.52. The molecule has 0 saturated carbocycles. The third-order valence-electron chi connectivity index (χ3n) is 2.17. The first-order chi connectivity index (χ1) is 7.13. The van der Waals surface area contributed by atoms with Gasteiger partial charge in [-0.25, -0.2) is 0 Å². The molecule has 0 fully saturated rings. The second kappa shape index (κ2) is 5.94. The van der Waals surface area contributed by atoms with Crippen molar-refractivity contribution in [1.82, 2.24) is 0 Å². The maximum Gasteiger partial charge on any atom is 0.0412 e. The molecule has 1 rings (SSSR count). The monoisotopic (exact) mass is 223 g/mol. The molecule has 2 heteroatoms. The van der Waals surface area contributed by atoms with Crippen LogP contribution in [0.1, 0.15) is 25.0 Å². The average Bonchev–Trinajstić information content (AvgIpc) is 2.18. The third kappa shape index (κ3) is 4.06. The SMILES string of the molecule is CC(C)Cc1ccc(Cl)cc1/C=C/CN. The van der Waals surface area contributed by atoms with E-state index in [9.17, 15) is 0 Å². The first-order valence-electron chi connectivity index (χ1n) is 5.28. The third-order valence-corrected chi connectivity index (χ3v) is 2.40. The van der Waals surface area contributed by atoms with Crippen LogP contribution in [0.2, 0.25) is 5.02 Å². The highest BCUT2D eigenvalue weighted by Crippen LogP contribution is 2.20. The fourth-order valence-electron chi connectivity index (χ4n) is 1.54. The van der Waals surface area contributed by atoms with Gasteiger partial charge < -0.3 is 5.73 Å². The summed E-state index contributed by atoms with van der Waals surface area (Å²) in [5, 5.41) is 0.777. The highest BCUT2D eigenvalue weighted by Gasteiger charge is 2.03. The summed E-state index contributed by atoms with van der Waals surface area (Å²) in [5.41, 5.74) is 7.96. The molecule has 0 aromatic heterocycles. The Bertz CT molecular complexity index is 342. The van der Waals surface area contributed by atoms with E-state index in [1.807, 2.05) is 24.3 Å². The lowest BCUT2D eigenvalue weighted by atomic mass is 9.98. The van der Waals surface area contributed by atoms with Crippen molar-refractivity contribution >= 4 is 17.7 Å². The number of halogens is 1. The smallest absolute Gasteiger partial charge is 0.0412 e. The molecule has 0 amide bonds. The topological polar surface area (TPSA) is 26.0 Å². The largest absolute Gasteiger partial charge is 0.327 e. The summed E-state index contributed by atoms with van der Waals surface area (Å²) in [5.74, 6) is 0.649. The lowest BCUT2D eigenvalue weighted by Gasteiger charge is -2.09. The maximum atomic E-state index is 5.97. The lowest BCUT2D eigenvalue weighted by molar-refractivity contribution is 0.646. The molecule has 0 bridgehead atoms. The van der Waals surface area contributed by atoms with Gasteiger partial charge in [0.05, 0.1) is 0 Å². The normalized spacial score (nSPS) is 11.5. The highest BCUT2D eigenvalue weighted by molar-refractivity contribution is 6.30. The number of rotatable bonds is 4. The fourth-order valence-corrected chi connectivity index (χ4v) is 1.72. The molecule has 0 aliphatic carbocycles. The lowest BCUT2D eigenvalue weighted by Crippen LogP contribution is -1.97. The molecule has 0 aliphatic heterocycles. The molecule has 0 heterocycles. The number of nitrogens with two attached hydrogens (primary N) is 1. The molecule has 15 heavy (non-hydrogen) atoms. The highest BCUT2D eigenvalue weighted by atomic mass is 35.5. The van der Waals surface area contributed by atoms with E-state index in [1.165, 1.54) is 11.1 Å². The van der Waals surface area contributed by atoms with Crippen molar-refractivity contribution < 1.29 is 0 Å². The van der Waals surface area contributed by atoms with Gasteiger partial charge in [0, 0.05) is 11.6 Å². The van der Waals surface area contributed by atoms with Crippen molar-refractivity contribution in [2.24, 2.45) is 11.7 Å². The van der Waals surface area contributed by atoms with Gasteiger partial charge in [0.1, 0.15) is 0 Å². The zero-order valence-electron chi connectivity index (χ0n) is 9.33. The first kappa shape index (κ1) is 12.3. The Hall–Kier alpha value is -0.790. The van der Waals surface area contributed by atoms with Crippen LogP contribution in [0, 0.1) is 5.92 Å². The average molecular weight is 224 g/mol. The predicted molar refractivity (Wildman–Crippen MR) is 68.1 cm³/mol. The zero-order valence-corrected chi connectivity index (χ0v) is 10.1. The van der Waals surface area contributed by atoms with Crippen molar-refractivity contribution in [3.05, 3.63) is 40.4 Å². The van der Waals surface area contributed by atoms with Gasteiger partial charge in [-0.15, -0.1) is 0 Å². The quantitative estimate of drug-likeness (QED) is 0.831. The van der Waals surface area contributed by atoms with Crippen LogP contribution in [0.25, 0.3) is 6.08 Å². The van der Waals surface area contributed by atoms with Gasteiger partial charge in [-0.3, -0.25) is 0 Å². The van der Waals surface area contributed by atoms with E-state index >= 15 is 0 Å². The minimum absolute atomic E-state index is 0.563. The Morgan fingerprint density at radius 2 is 2.13 bits per heavy atom. The number of hydrogen-bond acceptors (Lipinski definition) is 1. The van der Waals surface area contributed by atoms with E-state index in [-0.39, 0.29) is 0 Å². The number of benzene rings is 1. The van der Waals surface area contributed by atoms with Crippen molar-refractivity contribution in [3.8, 4) is 0 Å². The standard InChI is InChI=1S/C13H18ClN/c1-10(2)8-12-5-6-13(14)9-11(12)4-3-7-15/h3-6,9-10H,7-8,15H2,1-2H3/b4-3+. The van der Waals surface area contributed by atoms with Gasteiger partial charge in [0.2, 0.25) is 0 Å². The molecule has 2 N–H and O–H groups in total. The van der Waals surface area contributed by atoms with Crippen molar-refractivity contribution in [3.63, 3.8) is 0 Å². The van der Waals surface area contributed by atoms with Crippen molar-refractivity contribution in [2.75, 3.05) is 6.54 Å². The summed E-state index contributed by atoms with van der Waals surface area (Å²) >= 11 is 5.97. The molecule has 1 nitrogen and oxygen atoms in total. The second-order valence-electron chi connectivity index (χ2n) is 4.08. The van der Waals surface area contributed by atoms with Crippen LogP contribution in [0.3, 0.4) is 0 Å². The molecule has 0 radical (unpaired) electrons. The molecule has 0 spiro atoms. The van der Waals surface area contributed by atoms with E-state index in [0.717, 1.165) is 11.4 Å². The number of hydrogen-bond donors (Lipinski definition) is 1. The minimum atomic E-state index is 0.563. The first-order valence-corrected chi connectivity index (χ1v) is 5.66. The van der Waals surface area contributed by atoms with Crippen LogP contribution in [-0.2, 0) is 6.42 Å². The van der Waals surface area contributed by atoms with E-state index in [1.54, 1.807) is 0 Å². The summed E-state index contributed by atoms with van der Waals surface area (Å²) in [4.78, 5) is 0. The van der Waals surface area contributed by atoms with Crippen LogP contribution in [0.15, 0.2) is 24.3 Å². The van der Waals surface area contributed by atoms with Crippen molar-refractivity contribution in [1.29, 1.82) is 0 Å². The summed E-state index contributed by atoms with van der Waals surface area (Å²) in [7, 11) is 0. The van der Waals surface area contributed by atoms with Crippen molar-refractivity contribution in [2.45, 2.75) is 20.3 Å². The van der Waals surface area contributed by atoms with Gasteiger partial charge in [0.25, 0.3) is 0 Å². The Balaban J connectivity index is 2.97. The molecular formula is C13H18ClN. The minimum Gasteiger partial charge on any atom is -0.327 e. The van der Waals surface area contributed by atoms with Gasteiger partial charge in [0.15, 0.2) is 0 Å². The predicted octanol–water partition coefficient (Wildman–Crippen LogP) is 3.51. The van der Waals surface area contributed by atoms with Gasteiger partial charge in [-0.05, 0) is 35.6 Å². The van der Waals surface area contributed by atoms with Crippen LogP contribution >= 0.6 is 11.6 Å². The molecule has 1 aromatic carbocycles. The van der Waals surface area contributed by atoms with E-state index < -0.39 is 0 Å². The Morgan fingerprint density at radius 1 is 1.40 bits per heavy atom. The van der Waals surface area contributed by atoms with Gasteiger partial charge in [-0.2, -0.15) is 0 Å². The van der Waals surface area contributed by atoms with E-state index in [2.05, 4.69) is 19.9 Å². The van der Waals surface area contributed by atoms with E-state index in [0.29, 0.717) is 12.5 Å².